The Morgan fingerprint density at radius 2 is 2.05 bits per heavy atom. The quantitative estimate of drug-likeness (QED) is 0.820. The second-order valence-electron chi connectivity index (χ2n) is 5.26. The molecule has 0 aliphatic heterocycles. The summed E-state index contributed by atoms with van der Waals surface area (Å²) in [5, 5.41) is 14.1. The Kier molecular flexibility index (Phi) is 5.27. The van der Waals surface area contributed by atoms with Gasteiger partial charge in [-0.3, -0.25) is 9.59 Å². The fourth-order valence-corrected chi connectivity index (χ4v) is 2.67. The van der Waals surface area contributed by atoms with Gasteiger partial charge in [-0.15, -0.1) is 11.3 Å². The molecule has 0 bridgehead atoms. The number of carbonyl (C=O) groups excluding carboxylic acids is 1. The highest BCUT2D eigenvalue weighted by molar-refractivity contribution is 7.07. The number of hydrogen-bond acceptors (Lipinski definition) is 4. The molecular weight excluding hydrogens is 300 g/mol. The fourth-order valence-electron chi connectivity index (χ4n) is 2.07. The van der Waals surface area contributed by atoms with Crippen LogP contribution in [0.3, 0.4) is 0 Å². The van der Waals surface area contributed by atoms with Crippen LogP contribution in [0.4, 0.5) is 0 Å². The molecule has 0 saturated heterocycles. The number of carboxylic acid groups (broad SMARTS) is 1. The lowest BCUT2D eigenvalue weighted by Crippen LogP contribution is -2.44. The lowest BCUT2D eigenvalue weighted by Gasteiger charge is -2.25. The molecule has 1 aromatic carbocycles. The number of thiazole rings is 1. The van der Waals surface area contributed by atoms with Crippen molar-refractivity contribution < 1.29 is 14.7 Å². The Bertz CT molecular complexity index is 628. The van der Waals surface area contributed by atoms with E-state index >= 15 is 0 Å². The Labute approximate surface area is 133 Å². The van der Waals surface area contributed by atoms with Gasteiger partial charge in [0.2, 0.25) is 5.91 Å². The Balaban J connectivity index is 1.94. The average Bonchev–Trinajstić information content (AvgIpc) is 3.04. The lowest BCUT2D eigenvalue weighted by molar-refractivity contribution is -0.143. The van der Waals surface area contributed by atoms with Gasteiger partial charge in [0.25, 0.3) is 0 Å². The van der Waals surface area contributed by atoms with Crippen molar-refractivity contribution in [3.05, 3.63) is 52.5 Å². The molecule has 1 heterocycles. The molecule has 116 valence electrons. The molecule has 1 atom stereocenters. The van der Waals surface area contributed by atoms with E-state index in [0.29, 0.717) is 18.4 Å². The molecular formula is C16H18N2O3S. The van der Waals surface area contributed by atoms with E-state index in [4.69, 9.17) is 0 Å². The summed E-state index contributed by atoms with van der Waals surface area (Å²) in [6.45, 7) is 1.67. The second kappa shape index (κ2) is 7.17. The predicted octanol–water partition coefficient (Wildman–Crippen LogP) is 2.23. The van der Waals surface area contributed by atoms with Crippen molar-refractivity contribution in [1.82, 2.24) is 10.3 Å². The number of aromatic nitrogens is 1. The van der Waals surface area contributed by atoms with E-state index in [9.17, 15) is 14.7 Å². The van der Waals surface area contributed by atoms with E-state index < -0.39 is 11.4 Å². The predicted molar refractivity (Wildman–Crippen MR) is 84.9 cm³/mol. The van der Waals surface area contributed by atoms with Crippen molar-refractivity contribution in [3.63, 3.8) is 0 Å². The van der Waals surface area contributed by atoms with Gasteiger partial charge in [0, 0.05) is 18.3 Å². The summed E-state index contributed by atoms with van der Waals surface area (Å²) in [6.07, 6.45) is 0.860. The van der Waals surface area contributed by atoms with Crippen LogP contribution in [0.25, 0.3) is 0 Å². The molecule has 1 aromatic heterocycles. The summed E-state index contributed by atoms with van der Waals surface area (Å²) in [5.74, 6) is -1.13. The molecule has 0 aliphatic rings. The van der Waals surface area contributed by atoms with Crippen LogP contribution < -0.4 is 5.32 Å². The first-order valence-corrected chi connectivity index (χ1v) is 7.89. The number of carboxylic acids is 1. The summed E-state index contributed by atoms with van der Waals surface area (Å²) in [7, 11) is 0. The van der Waals surface area contributed by atoms with Crippen molar-refractivity contribution in [1.29, 1.82) is 0 Å². The summed E-state index contributed by atoms with van der Waals surface area (Å²) < 4.78 is 0. The number of benzene rings is 1. The number of aryl methyl sites for hydroxylation is 1. The molecule has 0 spiro atoms. The van der Waals surface area contributed by atoms with E-state index in [1.54, 1.807) is 36.7 Å². The smallest absolute Gasteiger partial charge is 0.315 e. The topological polar surface area (TPSA) is 79.3 Å². The monoisotopic (exact) mass is 318 g/mol. The van der Waals surface area contributed by atoms with Crippen LogP contribution in [0.1, 0.15) is 24.6 Å². The van der Waals surface area contributed by atoms with E-state index in [-0.39, 0.29) is 12.5 Å². The van der Waals surface area contributed by atoms with Crippen molar-refractivity contribution >= 4 is 23.2 Å². The summed E-state index contributed by atoms with van der Waals surface area (Å²) in [5.41, 5.74) is 2.13. The van der Waals surface area contributed by atoms with Crippen molar-refractivity contribution in [3.8, 4) is 0 Å². The number of nitrogens with one attached hydrogen (secondary N) is 1. The second-order valence-corrected chi connectivity index (χ2v) is 5.98. The maximum atomic E-state index is 11.9. The zero-order valence-corrected chi connectivity index (χ0v) is 13.1. The van der Waals surface area contributed by atoms with Gasteiger partial charge in [0.1, 0.15) is 5.41 Å². The third kappa shape index (κ3) is 3.92. The van der Waals surface area contributed by atoms with Gasteiger partial charge in [0.15, 0.2) is 0 Å². The molecule has 0 fully saturated rings. The van der Waals surface area contributed by atoms with Crippen LogP contribution in [-0.2, 0) is 21.4 Å². The van der Waals surface area contributed by atoms with Gasteiger partial charge in [-0.1, -0.05) is 30.3 Å². The van der Waals surface area contributed by atoms with E-state index in [2.05, 4.69) is 10.3 Å². The maximum absolute atomic E-state index is 11.9. The first-order valence-electron chi connectivity index (χ1n) is 6.95. The maximum Gasteiger partial charge on any atom is 0.315 e. The summed E-state index contributed by atoms with van der Waals surface area (Å²) in [4.78, 5) is 27.6. The number of hydrogen-bond donors (Lipinski definition) is 2. The van der Waals surface area contributed by atoms with Gasteiger partial charge < -0.3 is 10.4 Å². The third-order valence-electron chi connectivity index (χ3n) is 3.61. The molecule has 2 rings (SSSR count). The van der Waals surface area contributed by atoms with Gasteiger partial charge in [-0.05, 0) is 18.9 Å². The van der Waals surface area contributed by atoms with Crippen molar-refractivity contribution in [2.24, 2.45) is 0 Å². The minimum Gasteiger partial charge on any atom is -0.481 e. The Morgan fingerprint density at radius 1 is 1.32 bits per heavy atom. The normalized spacial score (nSPS) is 13.3. The fraction of sp³-hybridized carbons (Fsp3) is 0.312. The van der Waals surface area contributed by atoms with Gasteiger partial charge in [-0.25, -0.2) is 4.98 Å². The molecule has 2 N–H and O–H groups in total. The van der Waals surface area contributed by atoms with Crippen LogP contribution >= 0.6 is 11.3 Å². The zero-order chi connectivity index (χ0) is 16.0. The number of amides is 1. The standard InChI is InChI=1S/C16H18N2O3S/c1-16(15(20)21,12-5-3-2-4-6-12)10-17-14(19)8-7-13-9-22-11-18-13/h2-6,9,11H,7-8,10H2,1H3,(H,17,19)(H,20,21). The zero-order valence-electron chi connectivity index (χ0n) is 12.3. The Hall–Kier alpha value is -2.21. The molecule has 2 aromatic rings. The van der Waals surface area contributed by atoms with Crippen LogP contribution in [-0.4, -0.2) is 28.5 Å². The number of aliphatic carboxylic acids is 1. The lowest BCUT2D eigenvalue weighted by atomic mass is 9.82. The minimum atomic E-state index is -1.14. The van der Waals surface area contributed by atoms with Crippen molar-refractivity contribution in [2.75, 3.05) is 6.54 Å². The molecule has 1 amide bonds. The Morgan fingerprint density at radius 3 is 2.64 bits per heavy atom. The van der Waals surface area contributed by atoms with Crippen LogP contribution in [0.2, 0.25) is 0 Å². The van der Waals surface area contributed by atoms with Crippen molar-refractivity contribution in [2.45, 2.75) is 25.2 Å². The minimum absolute atomic E-state index is 0.0578. The van der Waals surface area contributed by atoms with Crippen LogP contribution in [0.5, 0.6) is 0 Å². The first kappa shape index (κ1) is 16.2. The summed E-state index contributed by atoms with van der Waals surface area (Å²) in [6, 6.07) is 8.94. The number of carbonyl (C=O) groups is 2. The van der Waals surface area contributed by atoms with E-state index in [1.807, 2.05) is 11.4 Å². The molecule has 0 saturated carbocycles. The largest absolute Gasteiger partial charge is 0.481 e. The van der Waals surface area contributed by atoms with Gasteiger partial charge >= 0.3 is 5.97 Å². The molecule has 6 heteroatoms. The highest BCUT2D eigenvalue weighted by Gasteiger charge is 2.35. The summed E-state index contributed by atoms with van der Waals surface area (Å²) >= 11 is 1.49. The molecule has 0 radical (unpaired) electrons. The average molecular weight is 318 g/mol. The third-order valence-corrected chi connectivity index (χ3v) is 4.25. The van der Waals surface area contributed by atoms with Gasteiger partial charge in [0.05, 0.1) is 11.2 Å². The molecule has 5 nitrogen and oxygen atoms in total. The van der Waals surface area contributed by atoms with Crippen LogP contribution in [0.15, 0.2) is 41.2 Å². The SMILES string of the molecule is CC(CNC(=O)CCc1cscn1)(C(=O)O)c1ccccc1. The molecule has 0 aliphatic carbocycles. The van der Waals surface area contributed by atoms with E-state index in [1.165, 1.54) is 11.3 Å². The molecule has 1 unspecified atom stereocenters. The number of rotatable bonds is 7. The van der Waals surface area contributed by atoms with Gasteiger partial charge in [-0.2, -0.15) is 0 Å². The van der Waals surface area contributed by atoms with E-state index in [0.717, 1.165) is 5.69 Å². The molecule has 22 heavy (non-hydrogen) atoms. The first-order chi connectivity index (χ1) is 10.5. The van der Waals surface area contributed by atoms with Crippen LogP contribution in [0, 0.1) is 0 Å². The number of nitrogens with zero attached hydrogens (tertiary/aromatic N) is 1. The highest BCUT2D eigenvalue weighted by Crippen LogP contribution is 2.23. The highest BCUT2D eigenvalue weighted by atomic mass is 32.1.